The second-order valence-electron chi connectivity index (χ2n) is 7.82. The zero-order valence-electron chi connectivity index (χ0n) is 14.7. The minimum atomic E-state index is 0.185. The van der Waals surface area contributed by atoms with Crippen molar-refractivity contribution < 1.29 is 4.79 Å². The van der Waals surface area contributed by atoms with Gasteiger partial charge in [-0.05, 0) is 51.0 Å². The fourth-order valence-corrected chi connectivity index (χ4v) is 4.58. The number of amides is 1. The van der Waals surface area contributed by atoms with Crippen molar-refractivity contribution in [1.29, 1.82) is 0 Å². The third-order valence-electron chi connectivity index (χ3n) is 6.09. The number of carbonyl (C=O) groups excluding carboxylic acids is 1. The molecule has 1 amide bonds. The summed E-state index contributed by atoms with van der Waals surface area (Å²) in [6, 6.07) is 0.486. The smallest absolute Gasteiger partial charge is 0.272 e. The fraction of sp³-hybridized carbons (Fsp3) is 0.789. The minimum Gasteiger partial charge on any atom is -0.337 e. The maximum absolute atomic E-state index is 12.9. The number of aromatic nitrogens is 2. The van der Waals surface area contributed by atoms with E-state index in [0.29, 0.717) is 6.04 Å². The first-order valence-electron chi connectivity index (χ1n) is 9.88. The molecule has 132 valence electrons. The number of carbonyl (C=O) groups is 1. The predicted octanol–water partition coefficient (Wildman–Crippen LogP) is 2.60. The van der Waals surface area contributed by atoms with Crippen molar-refractivity contribution >= 4 is 5.91 Å². The normalized spacial score (nSPS) is 25.0. The lowest BCUT2D eigenvalue weighted by Gasteiger charge is -2.30. The average Bonchev–Trinajstić information content (AvgIpc) is 3.29. The third kappa shape index (κ3) is 3.37. The van der Waals surface area contributed by atoms with Crippen molar-refractivity contribution in [1.82, 2.24) is 19.8 Å². The molecule has 0 aromatic carbocycles. The molecule has 3 aliphatic rings. The standard InChI is InChI=1S/C19H30N4O/c24-19(22-10-4-1-5-11-22)17-13-21-18-9-8-16(14-23(17)18)20-12-15-6-2-3-7-15/h13,15-16,20H,1-12,14H2/t16-/m0/s1. The van der Waals surface area contributed by atoms with Gasteiger partial charge in [-0.15, -0.1) is 0 Å². The Morgan fingerprint density at radius 2 is 1.92 bits per heavy atom. The highest BCUT2D eigenvalue weighted by atomic mass is 16.2. The molecule has 24 heavy (non-hydrogen) atoms. The van der Waals surface area contributed by atoms with Crippen LogP contribution in [0.2, 0.25) is 0 Å². The van der Waals surface area contributed by atoms with Gasteiger partial charge in [0.2, 0.25) is 0 Å². The summed E-state index contributed by atoms with van der Waals surface area (Å²) < 4.78 is 2.19. The molecule has 2 aliphatic heterocycles. The molecule has 0 spiro atoms. The second-order valence-corrected chi connectivity index (χ2v) is 7.82. The van der Waals surface area contributed by atoms with Gasteiger partial charge in [0.15, 0.2) is 0 Å². The van der Waals surface area contributed by atoms with Gasteiger partial charge in [-0.2, -0.15) is 0 Å². The number of likely N-dealkylation sites (tertiary alicyclic amines) is 1. The molecule has 1 aromatic heterocycles. The highest BCUT2D eigenvalue weighted by Crippen LogP contribution is 2.25. The Morgan fingerprint density at radius 1 is 1.12 bits per heavy atom. The molecule has 5 nitrogen and oxygen atoms in total. The molecular formula is C19H30N4O. The van der Waals surface area contributed by atoms with Gasteiger partial charge >= 0.3 is 0 Å². The molecule has 1 saturated heterocycles. The number of aryl methyl sites for hydroxylation is 1. The Kier molecular flexibility index (Phi) is 4.88. The lowest BCUT2D eigenvalue weighted by molar-refractivity contribution is 0.0711. The summed E-state index contributed by atoms with van der Waals surface area (Å²) in [6.45, 7) is 3.85. The van der Waals surface area contributed by atoms with Crippen LogP contribution in [0, 0.1) is 5.92 Å². The van der Waals surface area contributed by atoms with Crippen LogP contribution in [0.4, 0.5) is 0 Å². The summed E-state index contributed by atoms with van der Waals surface area (Å²) in [5, 5.41) is 3.77. The Hall–Kier alpha value is -1.36. The molecule has 4 rings (SSSR count). The molecule has 1 N–H and O–H groups in total. The zero-order valence-corrected chi connectivity index (χ0v) is 14.7. The van der Waals surface area contributed by atoms with Crippen molar-refractivity contribution in [2.45, 2.75) is 70.4 Å². The van der Waals surface area contributed by atoms with Gasteiger partial charge in [-0.3, -0.25) is 4.79 Å². The van der Waals surface area contributed by atoms with Crippen LogP contribution in [-0.2, 0) is 13.0 Å². The zero-order chi connectivity index (χ0) is 16.4. The highest BCUT2D eigenvalue weighted by Gasteiger charge is 2.27. The van der Waals surface area contributed by atoms with Crippen LogP contribution < -0.4 is 5.32 Å². The summed E-state index contributed by atoms with van der Waals surface area (Å²) in [4.78, 5) is 19.4. The summed E-state index contributed by atoms with van der Waals surface area (Å²) in [7, 11) is 0. The molecular weight excluding hydrogens is 300 g/mol. The van der Waals surface area contributed by atoms with Crippen molar-refractivity contribution in [2.75, 3.05) is 19.6 Å². The fourth-order valence-electron chi connectivity index (χ4n) is 4.58. The van der Waals surface area contributed by atoms with E-state index in [0.717, 1.165) is 69.3 Å². The molecule has 1 atom stereocenters. The van der Waals surface area contributed by atoms with E-state index in [1.807, 2.05) is 11.1 Å². The van der Waals surface area contributed by atoms with Gasteiger partial charge < -0.3 is 14.8 Å². The Balaban J connectivity index is 1.40. The number of piperidine rings is 1. The molecule has 1 aromatic rings. The summed E-state index contributed by atoms with van der Waals surface area (Å²) in [6.07, 6.45) is 13.0. The van der Waals surface area contributed by atoms with Crippen molar-refractivity contribution in [2.24, 2.45) is 5.92 Å². The van der Waals surface area contributed by atoms with Crippen molar-refractivity contribution in [3.05, 3.63) is 17.7 Å². The minimum absolute atomic E-state index is 0.185. The number of hydrogen-bond donors (Lipinski definition) is 1. The number of hydrogen-bond acceptors (Lipinski definition) is 3. The SMILES string of the molecule is O=C(c1cnc2n1C[C@@H](NCC1CCCC1)CC2)N1CCCCC1. The van der Waals surface area contributed by atoms with Gasteiger partial charge in [0.05, 0.1) is 6.20 Å². The third-order valence-corrected chi connectivity index (χ3v) is 6.09. The largest absolute Gasteiger partial charge is 0.337 e. The summed E-state index contributed by atoms with van der Waals surface area (Å²) in [5.41, 5.74) is 0.805. The number of nitrogens with one attached hydrogen (secondary N) is 1. The summed E-state index contributed by atoms with van der Waals surface area (Å²) in [5.74, 6) is 2.14. The van der Waals surface area contributed by atoms with Crippen LogP contribution in [0.15, 0.2) is 6.20 Å². The van der Waals surface area contributed by atoms with E-state index in [4.69, 9.17) is 0 Å². The predicted molar refractivity (Wildman–Crippen MR) is 94.1 cm³/mol. The maximum atomic E-state index is 12.9. The Labute approximate surface area is 144 Å². The summed E-state index contributed by atoms with van der Waals surface area (Å²) >= 11 is 0. The molecule has 0 unspecified atom stereocenters. The molecule has 0 bridgehead atoms. The topological polar surface area (TPSA) is 50.2 Å². The van der Waals surface area contributed by atoms with Gasteiger partial charge in [0, 0.05) is 32.1 Å². The highest BCUT2D eigenvalue weighted by molar-refractivity contribution is 5.92. The van der Waals surface area contributed by atoms with Crippen LogP contribution in [0.25, 0.3) is 0 Å². The van der Waals surface area contributed by atoms with Crippen molar-refractivity contribution in [3.63, 3.8) is 0 Å². The maximum Gasteiger partial charge on any atom is 0.272 e. The molecule has 2 fully saturated rings. The first-order chi connectivity index (χ1) is 11.8. The molecule has 1 aliphatic carbocycles. The van der Waals surface area contributed by atoms with Gasteiger partial charge in [-0.1, -0.05) is 12.8 Å². The number of nitrogens with zero attached hydrogens (tertiary/aromatic N) is 3. The van der Waals surface area contributed by atoms with Crippen LogP contribution in [0.3, 0.4) is 0 Å². The Bertz CT molecular complexity index is 570. The quantitative estimate of drug-likeness (QED) is 0.923. The van der Waals surface area contributed by atoms with Gasteiger partial charge in [0.25, 0.3) is 5.91 Å². The lowest BCUT2D eigenvalue weighted by Crippen LogP contribution is -2.42. The first kappa shape index (κ1) is 16.1. The van der Waals surface area contributed by atoms with Gasteiger partial charge in [-0.25, -0.2) is 4.98 Å². The molecule has 3 heterocycles. The van der Waals surface area contributed by atoms with E-state index in [1.165, 1.54) is 32.1 Å². The van der Waals surface area contributed by atoms with E-state index >= 15 is 0 Å². The van der Waals surface area contributed by atoms with Gasteiger partial charge in [0.1, 0.15) is 11.5 Å². The van der Waals surface area contributed by atoms with Crippen molar-refractivity contribution in [3.8, 4) is 0 Å². The first-order valence-corrected chi connectivity index (χ1v) is 9.88. The van der Waals surface area contributed by atoms with Crippen LogP contribution >= 0.6 is 0 Å². The number of rotatable bonds is 4. The van der Waals surface area contributed by atoms with E-state index in [1.54, 1.807) is 0 Å². The second kappa shape index (κ2) is 7.26. The average molecular weight is 330 g/mol. The van der Waals surface area contributed by atoms with Crippen LogP contribution in [0.1, 0.15) is 67.7 Å². The number of fused-ring (bicyclic) bond motifs is 1. The van der Waals surface area contributed by atoms with Crippen LogP contribution in [0.5, 0.6) is 0 Å². The monoisotopic (exact) mass is 330 g/mol. The molecule has 1 saturated carbocycles. The molecule has 0 radical (unpaired) electrons. The Morgan fingerprint density at radius 3 is 2.71 bits per heavy atom. The molecule has 5 heteroatoms. The van der Waals surface area contributed by atoms with E-state index < -0.39 is 0 Å². The number of imidazole rings is 1. The lowest BCUT2D eigenvalue weighted by atomic mass is 10.0. The van der Waals surface area contributed by atoms with E-state index in [2.05, 4.69) is 14.9 Å². The van der Waals surface area contributed by atoms with E-state index in [9.17, 15) is 4.79 Å². The van der Waals surface area contributed by atoms with E-state index in [-0.39, 0.29) is 5.91 Å². The van der Waals surface area contributed by atoms with Crippen LogP contribution in [-0.4, -0.2) is 46.0 Å².